The molecule has 25 heavy (non-hydrogen) atoms. The van der Waals surface area contributed by atoms with E-state index in [9.17, 15) is 18.0 Å². The molecule has 0 fully saturated rings. The van der Waals surface area contributed by atoms with Crippen molar-refractivity contribution in [1.29, 1.82) is 0 Å². The minimum Gasteiger partial charge on any atom is -0.323 e. The summed E-state index contributed by atoms with van der Waals surface area (Å²) in [5.41, 5.74) is 0.586. The largest absolute Gasteiger partial charge is 0.323 e. The van der Waals surface area contributed by atoms with Crippen LogP contribution in [0.2, 0.25) is 0 Å². The highest BCUT2D eigenvalue weighted by Crippen LogP contribution is 2.15. The summed E-state index contributed by atoms with van der Waals surface area (Å²) in [4.78, 5) is 16.1. The van der Waals surface area contributed by atoms with Crippen LogP contribution in [-0.2, 0) is 17.6 Å². The number of hydrogen-bond acceptors (Lipinski definition) is 3. The Labute approximate surface area is 140 Å². The summed E-state index contributed by atoms with van der Waals surface area (Å²) in [6, 6.07) is 8.71. The summed E-state index contributed by atoms with van der Waals surface area (Å²) >= 11 is 0. The van der Waals surface area contributed by atoms with Gasteiger partial charge in [0.1, 0.15) is 23.3 Å². The van der Waals surface area contributed by atoms with Gasteiger partial charge in [0, 0.05) is 12.5 Å². The van der Waals surface area contributed by atoms with E-state index in [2.05, 4.69) is 20.5 Å². The third-order valence-electron chi connectivity index (χ3n) is 3.38. The molecule has 8 heteroatoms. The highest BCUT2D eigenvalue weighted by molar-refractivity contribution is 5.91. The Kier molecular flexibility index (Phi) is 4.78. The zero-order chi connectivity index (χ0) is 17.8. The van der Waals surface area contributed by atoms with Gasteiger partial charge in [-0.25, -0.2) is 18.2 Å². The van der Waals surface area contributed by atoms with Gasteiger partial charge in [0.25, 0.3) is 0 Å². The Morgan fingerprint density at radius 2 is 1.76 bits per heavy atom. The van der Waals surface area contributed by atoms with Gasteiger partial charge in [-0.05, 0) is 29.8 Å². The molecule has 0 aliphatic rings. The van der Waals surface area contributed by atoms with Crippen LogP contribution in [0.4, 0.5) is 18.9 Å². The van der Waals surface area contributed by atoms with Gasteiger partial charge < -0.3 is 5.32 Å². The van der Waals surface area contributed by atoms with E-state index in [-0.39, 0.29) is 23.7 Å². The van der Waals surface area contributed by atoms with Gasteiger partial charge in [-0.2, -0.15) is 5.10 Å². The number of aromatic nitrogens is 3. The van der Waals surface area contributed by atoms with E-state index in [1.54, 1.807) is 12.1 Å². The monoisotopic (exact) mass is 346 g/mol. The minimum atomic E-state index is -0.735. The van der Waals surface area contributed by atoms with Crippen LogP contribution in [0.5, 0.6) is 0 Å². The van der Waals surface area contributed by atoms with Gasteiger partial charge in [-0.3, -0.25) is 9.89 Å². The molecule has 128 valence electrons. The van der Waals surface area contributed by atoms with Crippen molar-refractivity contribution in [2.75, 3.05) is 5.32 Å². The maximum absolute atomic E-state index is 13.5. The minimum absolute atomic E-state index is 0.199. The van der Waals surface area contributed by atoms with Crippen molar-refractivity contribution < 1.29 is 18.0 Å². The Morgan fingerprint density at radius 3 is 2.52 bits per heavy atom. The number of carbonyl (C=O) groups is 1. The molecule has 0 aliphatic carbocycles. The normalized spacial score (nSPS) is 10.7. The van der Waals surface area contributed by atoms with Gasteiger partial charge in [0.05, 0.1) is 12.1 Å². The summed E-state index contributed by atoms with van der Waals surface area (Å²) in [5.74, 6) is -1.57. The van der Waals surface area contributed by atoms with Gasteiger partial charge in [-0.15, -0.1) is 0 Å². The van der Waals surface area contributed by atoms with Crippen molar-refractivity contribution in [3.05, 3.63) is 77.1 Å². The van der Waals surface area contributed by atoms with Crippen LogP contribution < -0.4 is 5.32 Å². The molecule has 1 heterocycles. The summed E-state index contributed by atoms with van der Waals surface area (Å²) in [7, 11) is 0. The fraction of sp³-hybridized carbons (Fsp3) is 0.118. The summed E-state index contributed by atoms with van der Waals surface area (Å²) in [6.07, 6.45) is 0.198. The molecule has 3 aromatic rings. The van der Waals surface area contributed by atoms with Crippen LogP contribution in [-0.4, -0.2) is 21.1 Å². The zero-order valence-electron chi connectivity index (χ0n) is 12.9. The molecule has 1 aromatic heterocycles. The second-order valence-electron chi connectivity index (χ2n) is 5.35. The maximum atomic E-state index is 13.5. The Bertz CT molecular complexity index is 893. The van der Waals surface area contributed by atoms with Gasteiger partial charge >= 0.3 is 0 Å². The van der Waals surface area contributed by atoms with Crippen LogP contribution in [0.15, 0.2) is 42.5 Å². The average molecular weight is 346 g/mol. The van der Waals surface area contributed by atoms with E-state index < -0.39 is 17.5 Å². The quantitative estimate of drug-likeness (QED) is 0.746. The van der Waals surface area contributed by atoms with Gasteiger partial charge in [0.2, 0.25) is 5.91 Å². The highest BCUT2D eigenvalue weighted by atomic mass is 19.1. The lowest BCUT2D eigenvalue weighted by atomic mass is 10.1. The molecule has 0 aliphatic heterocycles. The first-order valence-corrected chi connectivity index (χ1v) is 7.39. The highest BCUT2D eigenvalue weighted by Gasteiger charge is 2.12. The topological polar surface area (TPSA) is 70.7 Å². The summed E-state index contributed by atoms with van der Waals surface area (Å²) in [5, 5.41) is 8.88. The summed E-state index contributed by atoms with van der Waals surface area (Å²) in [6.45, 7) is 0. The van der Waals surface area contributed by atoms with E-state index in [0.717, 1.165) is 23.8 Å². The molecular weight excluding hydrogens is 333 g/mol. The predicted molar refractivity (Wildman–Crippen MR) is 84.3 cm³/mol. The molecule has 1 amide bonds. The number of nitrogens with one attached hydrogen (secondary N) is 2. The Hall–Kier alpha value is -3.16. The SMILES string of the molecule is O=C(Cc1n[nH]c(Cc2ccc(F)cc2)n1)Nc1cc(F)ccc1F. The smallest absolute Gasteiger partial charge is 0.232 e. The van der Waals surface area contributed by atoms with Crippen molar-refractivity contribution in [2.45, 2.75) is 12.8 Å². The van der Waals surface area contributed by atoms with Gasteiger partial charge in [0.15, 0.2) is 5.82 Å². The van der Waals surface area contributed by atoms with E-state index in [1.165, 1.54) is 12.1 Å². The van der Waals surface area contributed by atoms with Crippen LogP contribution in [0.25, 0.3) is 0 Å². The lowest BCUT2D eigenvalue weighted by molar-refractivity contribution is -0.115. The number of H-pyrrole nitrogens is 1. The third-order valence-corrected chi connectivity index (χ3v) is 3.38. The number of nitrogens with zero attached hydrogens (tertiary/aromatic N) is 2. The van der Waals surface area contributed by atoms with Crippen molar-refractivity contribution in [3.63, 3.8) is 0 Å². The van der Waals surface area contributed by atoms with Crippen LogP contribution in [0.1, 0.15) is 17.2 Å². The third kappa shape index (κ3) is 4.43. The first kappa shape index (κ1) is 16.7. The maximum Gasteiger partial charge on any atom is 0.232 e. The van der Waals surface area contributed by atoms with Crippen molar-refractivity contribution in [3.8, 4) is 0 Å². The van der Waals surface area contributed by atoms with Crippen molar-refractivity contribution >= 4 is 11.6 Å². The molecule has 5 nitrogen and oxygen atoms in total. The number of carbonyl (C=O) groups excluding carboxylic acids is 1. The second-order valence-corrected chi connectivity index (χ2v) is 5.35. The molecule has 0 unspecified atom stereocenters. The molecule has 0 atom stereocenters. The Balaban J connectivity index is 1.61. The predicted octanol–water partition coefficient (Wildman–Crippen LogP) is 2.99. The van der Waals surface area contributed by atoms with Crippen molar-refractivity contribution in [1.82, 2.24) is 15.2 Å². The van der Waals surface area contributed by atoms with E-state index >= 15 is 0 Å². The number of aromatic amines is 1. The van der Waals surface area contributed by atoms with Gasteiger partial charge in [-0.1, -0.05) is 12.1 Å². The van der Waals surface area contributed by atoms with E-state index in [1.807, 2.05) is 0 Å². The van der Waals surface area contributed by atoms with Crippen LogP contribution in [0.3, 0.4) is 0 Å². The number of anilines is 1. The number of halogens is 3. The van der Waals surface area contributed by atoms with Crippen molar-refractivity contribution in [2.24, 2.45) is 0 Å². The van der Waals surface area contributed by atoms with E-state index in [0.29, 0.717) is 12.2 Å². The van der Waals surface area contributed by atoms with Crippen LogP contribution >= 0.6 is 0 Å². The fourth-order valence-corrected chi connectivity index (χ4v) is 2.22. The fourth-order valence-electron chi connectivity index (χ4n) is 2.22. The number of benzene rings is 2. The summed E-state index contributed by atoms with van der Waals surface area (Å²) < 4.78 is 39.5. The molecule has 0 saturated carbocycles. The molecule has 3 rings (SSSR count). The molecular formula is C17H13F3N4O. The molecule has 0 saturated heterocycles. The zero-order valence-corrected chi connectivity index (χ0v) is 12.9. The standard InChI is InChI=1S/C17H13F3N4O/c18-11-3-1-10(2-4-11)7-15-22-16(24-23-15)9-17(25)21-14-8-12(19)5-6-13(14)20/h1-6,8H,7,9H2,(H,21,25)(H,22,23,24). The molecule has 0 spiro atoms. The first-order valence-electron chi connectivity index (χ1n) is 7.39. The molecule has 2 aromatic carbocycles. The number of rotatable bonds is 5. The Morgan fingerprint density at radius 1 is 1.04 bits per heavy atom. The number of amides is 1. The molecule has 0 bridgehead atoms. The van der Waals surface area contributed by atoms with E-state index in [4.69, 9.17) is 0 Å². The average Bonchev–Trinajstić information content (AvgIpc) is 3.00. The lowest BCUT2D eigenvalue weighted by Crippen LogP contribution is -2.16. The first-order chi connectivity index (χ1) is 12.0. The van der Waals surface area contributed by atoms with Crippen LogP contribution in [0, 0.1) is 17.5 Å². The molecule has 0 radical (unpaired) electrons. The lowest BCUT2D eigenvalue weighted by Gasteiger charge is -2.05. The molecule has 2 N–H and O–H groups in total. The number of hydrogen-bond donors (Lipinski definition) is 2. The second kappa shape index (κ2) is 7.16.